The van der Waals surface area contributed by atoms with Gasteiger partial charge in [0.05, 0.1) is 30.1 Å². The van der Waals surface area contributed by atoms with Gasteiger partial charge in [0, 0.05) is 12.5 Å². The zero-order valence-electron chi connectivity index (χ0n) is 17.5. The molecule has 0 radical (unpaired) electrons. The van der Waals surface area contributed by atoms with Crippen LogP contribution in [-0.2, 0) is 9.53 Å². The fraction of sp³-hybridized carbons (Fsp3) is 0.174. The van der Waals surface area contributed by atoms with Gasteiger partial charge in [0.15, 0.2) is 11.6 Å². The van der Waals surface area contributed by atoms with E-state index in [9.17, 15) is 23.2 Å². The number of nitrogens with zero attached hydrogens (tertiary/aromatic N) is 2. The Morgan fingerprint density at radius 1 is 1.18 bits per heavy atom. The SMILES string of the molecule is Cc1cc2c(cc1-c1cnc(NC(=O)c3c(F)cccc3F)cn1)OC(C)(OC=O)CC2=O. The topological polar surface area (TPSA) is 107 Å². The van der Waals surface area contributed by atoms with E-state index in [1.807, 2.05) is 0 Å². The third-order valence-corrected chi connectivity index (χ3v) is 5.09. The zero-order chi connectivity index (χ0) is 23.8. The Kier molecular flexibility index (Phi) is 5.59. The first-order valence-corrected chi connectivity index (χ1v) is 9.77. The molecule has 4 rings (SSSR count). The average molecular weight is 453 g/mol. The van der Waals surface area contributed by atoms with Crippen molar-refractivity contribution in [2.24, 2.45) is 0 Å². The molecule has 1 amide bonds. The molecule has 1 aliphatic rings. The highest BCUT2D eigenvalue weighted by molar-refractivity contribution is 6.04. The maximum atomic E-state index is 13.8. The van der Waals surface area contributed by atoms with E-state index in [0.717, 1.165) is 18.2 Å². The first kappa shape index (κ1) is 22.0. The van der Waals surface area contributed by atoms with Gasteiger partial charge in [0.2, 0.25) is 0 Å². The predicted molar refractivity (Wildman–Crippen MR) is 112 cm³/mol. The number of hydrogen-bond acceptors (Lipinski definition) is 7. The summed E-state index contributed by atoms with van der Waals surface area (Å²) in [4.78, 5) is 43.8. The third kappa shape index (κ3) is 4.27. The second-order valence-corrected chi connectivity index (χ2v) is 7.55. The maximum Gasteiger partial charge on any atom is 0.296 e. The minimum absolute atomic E-state index is 0.0135. The van der Waals surface area contributed by atoms with Gasteiger partial charge in [-0.05, 0) is 36.8 Å². The zero-order valence-corrected chi connectivity index (χ0v) is 17.5. The van der Waals surface area contributed by atoms with Gasteiger partial charge in [-0.2, -0.15) is 0 Å². The molecular weight excluding hydrogens is 436 g/mol. The van der Waals surface area contributed by atoms with Crippen LogP contribution in [0.2, 0.25) is 0 Å². The molecule has 1 N–H and O–H groups in total. The lowest BCUT2D eigenvalue weighted by Crippen LogP contribution is -2.41. The Morgan fingerprint density at radius 3 is 2.55 bits per heavy atom. The summed E-state index contributed by atoms with van der Waals surface area (Å²) in [5.41, 5.74) is 1.32. The van der Waals surface area contributed by atoms with Crippen LogP contribution in [0.1, 0.15) is 39.6 Å². The van der Waals surface area contributed by atoms with Crippen molar-refractivity contribution in [2.45, 2.75) is 26.1 Å². The number of hydrogen-bond donors (Lipinski definition) is 1. The van der Waals surface area contributed by atoms with Crippen LogP contribution in [0, 0.1) is 18.6 Å². The van der Waals surface area contributed by atoms with Crippen molar-refractivity contribution in [3.05, 3.63) is 71.1 Å². The molecule has 2 heterocycles. The number of carbonyl (C=O) groups is 3. The number of carbonyl (C=O) groups excluding carboxylic acids is 3. The molecule has 3 aromatic rings. The largest absolute Gasteiger partial charge is 0.451 e. The van der Waals surface area contributed by atoms with Crippen LogP contribution in [0.3, 0.4) is 0 Å². The molecule has 0 bridgehead atoms. The van der Waals surface area contributed by atoms with Gasteiger partial charge < -0.3 is 14.8 Å². The number of ether oxygens (including phenoxy) is 2. The Hall–Kier alpha value is -4.21. The van der Waals surface area contributed by atoms with Gasteiger partial charge in [-0.15, -0.1) is 0 Å². The fourth-order valence-electron chi connectivity index (χ4n) is 3.51. The Balaban J connectivity index is 1.60. The van der Waals surface area contributed by atoms with E-state index in [1.54, 1.807) is 19.1 Å². The van der Waals surface area contributed by atoms with E-state index in [1.165, 1.54) is 19.3 Å². The van der Waals surface area contributed by atoms with Gasteiger partial charge in [-0.1, -0.05) is 6.07 Å². The normalized spacial score (nSPS) is 17.0. The summed E-state index contributed by atoms with van der Waals surface area (Å²) in [6, 6.07) is 6.34. The molecule has 8 nitrogen and oxygen atoms in total. The summed E-state index contributed by atoms with van der Waals surface area (Å²) >= 11 is 0. The van der Waals surface area contributed by atoms with Crippen molar-refractivity contribution in [3.8, 4) is 17.0 Å². The minimum Gasteiger partial charge on any atom is -0.451 e. The predicted octanol–water partition coefficient (Wildman–Crippen LogP) is 3.84. The lowest BCUT2D eigenvalue weighted by atomic mass is 9.94. The van der Waals surface area contributed by atoms with E-state index in [0.29, 0.717) is 22.4 Å². The smallest absolute Gasteiger partial charge is 0.296 e. The van der Waals surface area contributed by atoms with Crippen LogP contribution >= 0.6 is 0 Å². The van der Waals surface area contributed by atoms with Gasteiger partial charge in [-0.25, -0.2) is 13.8 Å². The number of aromatic nitrogens is 2. The maximum absolute atomic E-state index is 13.8. The third-order valence-electron chi connectivity index (χ3n) is 5.09. The Labute approximate surface area is 186 Å². The summed E-state index contributed by atoms with van der Waals surface area (Å²) in [5, 5.41) is 2.30. The van der Waals surface area contributed by atoms with Gasteiger partial charge in [0.25, 0.3) is 18.2 Å². The van der Waals surface area contributed by atoms with Crippen LogP contribution in [-0.4, -0.2) is 33.9 Å². The summed E-state index contributed by atoms with van der Waals surface area (Å²) in [5.74, 6) is -4.44. The van der Waals surface area contributed by atoms with E-state index in [-0.39, 0.29) is 30.2 Å². The molecule has 1 unspecified atom stereocenters. The Morgan fingerprint density at radius 2 is 1.91 bits per heavy atom. The number of ketones is 1. The van der Waals surface area contributed by atoms with Crippen molar-refractivity contribution in [1.29, 1.82) is 0 Å². The quantitative estimate of drug-likeness (QED) is 0.585. The highest BCUT2D eigenvalue weighted by Crippen LogP contribution is 2.38. The van der Waals surface area contributed by atoms with Crippen LogP contribution in [0.15, 0.2) is 42.7 Å². The number of anilines is 1. The van der Waals surface area contributed by atoms with Gasteiger partial charge in [-0.3, -0.25) is 19.4 Å². The fourth-order valence-corrected chi connectivity index (χ4v) is 3.51. The second kappa shape index (κ2) is 8.38. The van der Waals surface area contributed by atoms with Crippen molar-refractivity contribution < 1.29 is 32.6 Å². The number of aryl methyl sites for hydroxylation is 1. The van der Waals surface area contributed by atoms with Crippen molar-refractivity contribution in [1.82, 2.24) is 9.97 Å². The molecule has 0 spiro atoms. The molecule has 0 saturated carbocycles. The molecule has 1 aliphatic heterocycles. The standard InChI is InChI=1S/C23H17F2N3O5/c1-12-6-14-18(30)8-23(2,32-11-29)33-19(14)7-13(12)17-9-27-20(10-26-17)28-22(31)21-15(24)4-3-5-16(21)25/h3-7,9-11H,8H2,1-2H3,(H,27,28,31). The van der Waals surface area contributed by atoms with Gasteiger partial charge in [0.1, 0.15) is 22.9 Å². The molecule has 0 saturated heterocycles. The molecule has 10 heteroatoms. The van der Waals surface area contributed by atoms with Gasteiger partial charge >= 0.3 is 0 Å². The molecule has 2 aromatic carbocycles. The number of rotatable bonds is 5. The van der Waals surface area contributed by atoms with Crippen LogP contribution < -0.4 is 10.1 Å². The van der Waals surface area contributed by atoms with E-state index < -0.39 is 28.9 Å². The first-order chi connectivity index (χ1) is 15.7. The number of amides is 1. The first-order valence-electron chi connectivity index (χ1n) is 9.77. The number of fused-ring (bicyclic) bond motifs is 1. The minimum atomic E-state index is -1.42. The van der Waals surface area contributed by atoms with Crippen LogP contribution in [0.4, 0.5) is 14.6 Å². The molecular formula is C23H17F2N3O5. The Bertz CT molecular complexity index is 1260. The molecule has 168 valence electrons. The highest BCUT2D eigenvalue weighted by atomic mass is 19.1. The average Bonchev–Trinajstić information content (AvgIpc) is 2.74. The number of Topliss-reactive ketones (excluding diaryl/α,β-unsaturated/α-hetero) is 1. The summed E-state index contributed by atoms with van der Waals surface area (Å²) in [6.07, 6.45) is 2.47. The van der Waals surface area contributed by atoms with E-state index >= 15 is 0 Å². The molecule has 33 heavy (non-hydrogen) atoms. The number of nitrogens with one attached hydrogen (secondary N) is 1. The monoisotopic (exact) mass is 453 g/mol. The van der Waals surface area contributed by atoms with E-state index in [4.69, 9.17) is 9.47 Å². The number of halogens is 2. The summed E-state index contributed by atoms with van der Waals surface area (Å²) in [6.45, 7) is 3.48. The van der Waals surface area contributed by atoms with E-state index in [2.05, 4.69) is 15.3 Å². The molecule has 1 atom stereocenters. The molecule has 1 aromatic heterocycles. The molecule has 0 fully saturated rings. The summed E-state index contributed by atoms with van der Waals surface area (Å²) < 4.78 is 38.3. The second-order valence-electron chi connectivity index (χ2n) is 7.55. The summed E-state index contributed by atoms with van der Waals surface area (Å²) in [7, 11) is 0. The lowest BCUT2D eigenvalue weighted by molar-refractivity contribution is -0.177. The highest BCUT2D eigenvalue weighted by Gasteiger charge is 2.38. The van der Waals surface area contributed by atoms with Crippen molar-refractivity contribution in [2.75, 3.05) is 5.32 Å². The lowest BCUT2D eigenvalue weighted by Gasteiger charge is -2.33. The van der Waals surface area contributed by atoms with Crippen LogP contribution in [0.25, 0.3) is 11.3 Å². The number of benzene rings is 2. The van der Waals surface area contributed by atoms with Crippen LogP contribution in [0.5, 0.6) is 5.75 Å². The van der Waals surface area contributed by atoms with Crippen molar-refractivity contribution >= 4 is 24.0 Å². The van der Waals surface area contributed by atoms with Crippen molar-refractivity contribution in [3.63, 3.8) is 0 Å². The molecule has 0 aliphatic carbocycles.